The average Bonchev–Trinajstić information content (AvgIpc) is 2.87. The molecule has 0 fully saturated rings. The molecule has 3 aromatic carbocycles. The molecule has 0 radical (unpaired) electrons. The molecule has 1 atom stereocenters. The summed E-state index contributed by atoms with van der Waals surface area (Å²) in [6.45, 7) is 2.40. The van der Waals surface area contributed by atoms with E-state index in [0.29, 0.717) is 17.9 Å². The molecule has 0 aliphatic carbocycles. The summed E-state index contributed by atoms with van der Waals surface area (Å²) in [5, 5.41) is 0. The van der Waals surface area contributed by atoms with E-state index in [1.165, 1.54) is 24.8 Å². The van der Waals surface area contributed by atoms with E-state index in [0.717, 1.165) is 24.2 Å². The molecule has 35 heavy (non-hydrogen) atoms. The van der Waals surface area contributed by atoms with Crippen molar-refractivity contribution in [2.45, 2.75) is 37.2 Å². The molecular formula is C27H30O7S. The minimum Gasteiger partial charge on any atom is -0.497 e. The summed E-state index contributed by atoms with van der Waals surface area (Å²) >= 11 is 0. The number of esters is 1. The van der Waals surface area contributed by atoms with Crippen LogP contribution in [0.3, 0.4) is 0 Å². The first-order chi connectivity index (χ1) is 16.8. The van der Waals surface area contributed by atoms with Gasteiger partial charge in [-0.1, -0.05) is 42.0 Å². The predicted octanol–water partition coefficient (Wildman–Crippen LogP) is 4.50. The third-order valence-corrected chi connectivity index (χ3v) is 6.73. The van der Waals surface area contributed by atoms with E-state index < -0.39 is 22.2 Å². The Balaban J connectivity index is 1.55. The van der Waals surface area contributed by atoms with Gasteiger partial charge in [0.05, 0.1) is 25.7 Å². The van der Waals surface area contributed by atoms with Crippen LogP contribution in [0.15, 0.2) is 77.7 Å². The van der Waals surface area contributed by atoms with Gasteiger partial charge in [-0.25, -0.2) is 4.79 Å². The summed E-state index contributed by atoms with van der Waals surface area (Å²) in [5.74, 6) is 0.753. The molecule has 0 saturated carbocycles. The Morgan fingerprint density at radius 3 is 2.03 bits per heavy atom. The van der Waals surface area contributed by atoms with Crippen molar-refractivity contribution in [2.75, 3.05) is 20.8 Å². The number of benzene rings is 3. The summed E-state index contributed by atoms with van der Waals surface area (Å²) < 4.78 is 46.3. The Morgan fingerprint density at radius 2 is 1.43 bits per heavy atom. The molecule has 0 aliphatic heterocycles. The van der Waals surface area contributed by atoms with Gasteiger partial charge in [-0.15, -0.1) is 0 Å². The van der Waals surface area contributed by atoms with Gasteiger partial charge in [-0.05, 0) is 67.3 Å². The highest BCUT2D eigenvalue weighted by molar-refractivity contribution is 7.86. The standard InChI is InChI=1S/C27H30O7S/c1-20-6-16-25(17-7-20)35(29,30)34-26(27(28)32-3)19-22-10-14-24(15-11-22)33-18-4-5-21-8-12-23(31-2)13-9-21/h6-17,26H,4-5,18-19H2,1-3H3. The second-order valence-corrected chi connectivity index (χ2v) is 9.60. The molecule has 0 amide bonds. The van der Waals surface area contributed by atoms with E-state index in [2.05, 4.69) is 0 Å². The first-order valence-corrected chi connectivity index (χ1v) is 12.6. The second kappa shape index (κ2) is 12.4. The van der Waals surface area contributed by atoms with Crippen molar-refractivity contribution in [2.24, 2.45) is 0 Å². The number of hydrogen-bond acceptors (Lipinski definition) is 7. The van der Waals surface area contributed by atoms with Gasteiger partial charge in [-0.2, -0.15) is 8.42 Å². The van der Waals surface area contributed by atoms with E-state index in [4.69, 9.17) is 18.4 Å². The third kappa shape index (κ3) is 7.83. The molecule has 0 heterocycles. The van der Waals surface area contributed by atoms with E-state index in [-0.39, 0.29) is 11.3 Å². The molecule has 7 nitrogen and oxygen atoms in total. The second-order valence-electron chi connectivity index (χ2n) is 8.02. The van der Waals surface area contributed by atoms with E-state index in [1.54, 1.807) is 43.5 Å². The monoisotopic (exact) mass is 498 g/mol. The van der Waals surface area contributed by atoms with E-state index >= 15 is 0 Å². The van der Waals surface area contributed by atoms with Crippen LogP contribution in [-0.4, -0.2) is 41.3 Å². The van der Waals surface area contributed by atoms with Gasteiger partial charge in [0.25, 0.3) is 10.1 Å². The number of rotatable bonds is 12. The van der Waals surface area contributed by atoms with E-state index in [1.807, 2.05) is 31.2 Å². The van der Waals surface area contributed by atoms with Crippen molar-refractivity contribution in [1.82, 2.24) is 0 Å². The zero-order chi connectivity index (χ0) is 25.3. The summed E-state index contributed by atoms with van der Waals surface area (Å²) in [4.78, 5) is 12.2. The molecular weight excluding hydrogens is 468 g/mol. The summed E-state index contributed by atoms with van der Waals surface area (Å²) in [7, 11) is -1.30. The highest BCUT2D eigenvalue weighted by Gasteiger charge is 2.28. The van der Waals surface area contributed by atoms with Crippen LogP contribution in [0, 0.1) is 6.92 Å². The highest BCUT2D eigenvalue weighted by atomic mass is 32.2. The number of carbonyl (C=O) groups excluding carboxylic acids is 1. The molecule has 8 heteroatoms. The van der Waals surface area contributed by atoms with Crippen LogP contribution in [0.2, 0.25) is 0 Å². The highest BCUT2D eigenvalue weighted by Crippen LogP contribution is 2.20. The maximum Gasteiger partial charge on any atom is 0.336 e. The van der Waals surface area contributed by atoms with Gasteiger partial charge in [0, 0.05) is 6.42 Å². The van der Waals surface area contributed by atoms with Crippen LogP contribution >= 0.6 is 0 Å². The SMILES string of the molecule is COC(=O)C(Cc1ccc(OCCCc2ccc(OC)cc2)cc1)OS(=O)(=O)c1ccc(C)cc1. The topological polar surface area (TPSA) is 88.1 Å². The van der Waals surface area contributed by atoms with Crippen LogP contribution < -0.4 is 9.47 Å². The fourth-order valence-electron chi connectivity index (χ4n) is 3.40. The average molecular weight is 499 g/mol. The van der Waals surface area contributed by atoms with Gasteiger partial charge in [0.2, 0.25) is 0 Å². The van der Waals surface area contributed by atoms with Crippen molar-refractivity contribution in [3.63, 3.8) is 0 Å². The first-order valence-electron chi connectivity index (χ1n) is 11.2. The van der Waals surface area contributed by atoms with Crippen molar-refractivity contribution in [3.8, 4) is 11.5 Å². The summed E-state index contributed by atoms with van der Waals surface area (Å²) in [5.41, 5.74) is 2.83. The Kier molecular flexibility index (Phi) is 9.28. The number of carbonyl (C=O) groups is 1. The van der Waals surface area contributed by atoms with E-state index in [9.17, 15) is 13.2 Å². The lowest BCUT2D eigenvalue weighted by Gasteiger charge is -2.16. The zero-order valence-electron chi connectivity index (χ0n) is 20.1. The summed E-state index contributed by atoms with van der Waals surface area (Å²) in [6.07, 6.45) is 0.469. The number of methoxy groups -OCH3 is 2. The van der Waals surface area contributed by atoms with Crippen molar-refractivity contribution in [3.05, 3.63) is 89.5 Å². The van der Waals surface area contributed by atoms with Gasteiger partial charge in [0.15, 0.2) is 6.10 Å². The van der Waals surface area contributed by atoms with Gasteiger partial charge in [0.1, 0.15) is 11.5 Å². The largest absolute Gasteiger partial charge is 0.497 e. The molecule has 0 spiro atoms. The minimum absolute atomic E-state index is 0.0182. The van der Waals surface area contributed by atoms with Crippen molar-refractivity contribution in [1.29, 1.82) is 0 Å². The normalized spacial score (nSPS) is 12.1. The van der Waals surface area contributed by atoms with Crippen LogP contribution in [-0.2, 0) is 36.7 Å². The lowest BCUT2D eigenvalue weighted by Crippen LogP contribution is -2.30. The van der Waals surface area contributed by atoms with Crippen LogP contribution in [0.4, 0.5) is 0 Å². The molecule has 3 aromatic rings. The number of aryl methyl sites for hydroxylation is 2. The Bertz CT molecular complexity index is 1190. The van der Waals surface area contributed by atoms with Crippen molar-refractivity contribution >= 4 is 16.1 Å². The van der Waals surface area contributed by atoms with Crippen LogP contribution in [0.5, 0.6) is 11.5 Å². The number of ether oxygens (including phenoxy) is 3. The maximum absolute atomic E-state index is 12.6. The van der Waals surface area contributed by atoms with Gasteiger partial charge in [-0.3, -0.25) is 4.18 Å². The molecule has 3 rings (SSSR count). The first kappa shape index (κ1) is 26.2. The number of hydrogen-bond donors (Lipinski definition) is 0. The minimum atomic E-state index is -4.13. The maximum atomic E-state index is 12.6. The van der Waals surface area contributed by atoms with Crippen LogP contribution in [0.1, 0.15) is 23.1 Å². The lowest BCUT2D eigenvalue weighted by molar-refractivity contribution is -0.148. The third-order valence-electron chi connectivity index (χ3n) is 5.40. The molecule has 0 N–H and O–H groups in total. The fourth-order valence-corrected chi connectivity index (χ4v) is 4.43. The van der Waals surface area contributed by atoms with Crippen LogP contribution in [0.25, 0.3) is 0 Å². The zero-order valence-corrected chi connectivity index (χ0v) is 20.9. The molecule has 0 aliphatic rings. The molecule has 186 valence electrons. The molecule has 0 bridgehead atoms. The molecule has 1 unspecified atom stereocenters. The Labute approximate surface area is 206 Å². The van der Waals surface area contributed by atoms with Crippen molar-refractivity contribution < 1.29 is 31.6 Å². The predicted molar refractivity (Wildman–Crippen MR) is 132 cm³/mol. The summed E-state index contributed by atoms with van der Waals surface area (Å²) in [6, 6.07) is 21.3. The van der Waals surface area contributed by atoms with Gasteiger partial charge < -0.3 is 14.2 Å². The Morgan fingerprint density at radius 1 is 0.829 bits per heavy atom. The smallest absolute Gasteiger partial charge is 0.336 e. The quantitative estimate of drug-likeness (QED) is 0.206. The Hall–Kier alpha value is -3.36. The lowest BCUT2D eigenvalue weighted by atomic mass is 10.1. The molecule has 0 aromatic heterocycles. The fraction of sp³-hybridized carbons (Fsp3) is 0.296. The van der Waals surface area contributed by atoms with Gasteiger partial charge >= 0.3 is 5.97 Å². The molecule has 0 saturated heterocycles.